The monoisotopic (exact) mass is 354 g/mol. The minimum atomic E-state index is -0.292. The first-order chi connectivity index (χ1) is 12.5. The second-order valence-electron chi connectivity index (χ2n) is 6.30. The van der Waals surface area contributed by atoms with E-state index in [4.69, 9.17) is 4.52 Å². The van der Waals surface area contributed by atoms with Gasteiger partial charge in [0.1, 0.15) is 17.8 Å². The Kier molecular flexibility index (Phi) is 5.16. The molecule has 0 saturated heterocycles. The van der Waals surface area contributed by atoms with Crippen molar-refractivity contribution in [1.82, 2.24) is 20.0 Å². The van der Waals surface area contributed by atoms with Crippen LogP contribution in [-0.4, -0.2) is 27.2 Å². The molecule has 3 rings (SSSR count). The first-order valence-electron chi connectivity index (χ1n) is 8.67. The largest absolute Gasteiger partial charge is 0.354 e. The van der Waals surface area contributed by atoms with Gasteiger partial charge in [0.15, 0.2) is 0 Å². The van der Waals surface area contributed by atoms with Crippen LogP contribution >= 0.6 is 0 Å². The van der Waals surface area contributed by atoms with Crippen molar-refractivity contribution in [3.63, 3.8) is 0 Å². The maximum atomic E-state index is 12.7. The summed E-state index contributed by atoms with van der Waals surface area (Å²) in [4.78, 5) is 29.2. The Morgan fingerprint density at radius 2 is 1.96 bits per heavy atom. The van der Waals surface area contributed by atoms with Gasteiger partial charge in [0.25, 0.3) is 11.3 Å². The number of hydrogen-bond acceptors (Lipinski definition) is 5. The van der Waals surface area contributed by atoms with E-state index in [0.29, 0.717) is 29.9 Å². The number of hydrogen-bond donors (Lipinski definition) is 1. The van der Waals surface area contributed by atoms with Gasteiger partial charge in [-0.15, -0.1) is 0 Å². The number of aromatic nitrogens is 3. The minimum Gasteiger partial charge on any atom is -0.354 e. The molecule has 7 heteroatoms. The van der Waals surface area contributed by atoms with Crippen molar-refractivity contribution in [3.8, 4) is 0 Å². The molecule has 0 fully saturated rings. The maximum absolute atomic E-state index is 12.7. The summed E-state index contributed by atoms with van der Waals surface area (Å²) < 4.78 is 6.47. The number of benzene rings is 1. The Bertz CT molecular complexity index is 986. The van der Waals surface area contributed by atoms with Gasteiger partial charge < -0.3 is 9.84 Å². The fourth-order valence-electron chi connectivity index (χ4n) is 2.82. The average molecular weight is 354 g/mol. The number of fused-ring (bicyclic) bond motifs is 1. The lowest BCUT2D eigenvalue weighted by Gasteiger charge is -2.10. The Labute approximate surface area is 151 Å². The van der Waals surface area contributed by atoms with E-state index < -0.39 is 0 Å². The summed E-state index contributed by atoms with van der Waals surface area (Å²) in [7, 11) is 0. The summed E-state index contributed by atoms with van der Waals surface area (Å²) in [5.74, 6) is 0.202. The van der Waals surface area contributed by atoms with E-state index in [1.807, 2.05) is 38.1 Å². The fourth-order valence-corrected chi connectivity index (χ4v) is 2.82. The third-order valence-corrected chi connectivity index (χ3v) is 4.35. The second-order valence-corrected chi connectivity index (χ2v) is 6.30. The van der Waals surface area contributed by atoms with E-state index in [1.165, 1.54) is 10.1 Å². The number of carbonyl (C=O) groups is 1. The smallest absolute Gasteiger partial charge is 0.267 e. The highest BCUT2D eigenvalue weighted by Gasteiger charge is 2.17. The zero-order chi connectivity index (χ0) is 18.7. The first-order valence-corrected chi connectivity index (χ1v) is 8.67. The van der Waals surface area contributed by atoms with Gasteiger partial charge in [0.05, 0.1) is 5.69 Å². The number of amides is 1. The summed E-state index contributed by atoms with van der Waals surface area (Å²) in [6.45, 7) is 6.04. The van der Waals surface area contributed by atoms with Gasteiger partial charge in [0.2, 0.25) is 5.91 Å². The van der Waals surface area contributed by atoms with Crippen LogP contribution in [0.4, 0.5) is 0 Å². The number of rotatable bonds is 6. The molecule has 0 radical (unpaired) electrons. The Hall–Kier alpha value is -2.96. The number of carbonyl (C=O) groups excluding carboxylic acids is 1. The van der Waals surface area contributed by atoms with Gasteiger partial charge in [-0.2, -0.15) is 4.98 Å². The molecule has 1 N–H and O–H groups in total. The van der Waals surface area contributed by atoms with Crippen LogP contribution in [0.15, 0.2) is 33.6 Å². The summed E-state index contributed by atoms with van der Waals surface area (Å²) in [6, 6.07) is 8.19. The molecule has 0 bridgehead atoms. The molecule has 1 amide bonds. The van der Waals surface area contributed by atoms with Crippen molar-refractivity contribution in [3.05, 3.63) is 57.3 Å². The van der Waals surface area contributed by atoms with E-state index in [9.17, 15) is 9.59 Å². The highest BCUT2D eigenvalue weighted by molar-refractivity contribution is 5.78. The standard InChI is InChI=1S/C19H22N4O3/c1-4-15-17-18(26-22-15)21-13(3)23(19(17)25)11-16(24)20-10-9-14-7-5-12(2)6-8-14/h5-8H,4,9-11H2,1-3H3,(H,20,24). The lowest BCUT2D eigenvalue weighted by atomic mass is 10.1. The summed E-state index contributed by atoms with van der Waals surface area (Å²) in [6.07, 6.45) is 1.30. The van der Waals surface area contributed by atoms with Crippen LogP contribution in [0.5, 0.6) is 0 Å². The lowest BCUT2D eigenvalue weighted by molar-refractivity contribution is -0.121. The van der Waals surface area contributed by atoms with Crippen LogP contribution in [-0.2, 0) is 24.2 Å². The van der Waals surface area contributed by atoms with Gasteiger partial charge in [-0.1, -0.05) is 41.9 Å². The van der Waals surface area contributed by atoms with Crippen molar-refractivity contribution >= 4 is 17.0 Å². The predicted octanol–water partition coefficient (Wildman–Crippen LogP) is 1.92. The third-order valence-electron chi connectivity index (χ3n) is 4.35. The Morgan fingerprint density at radius 3 is 2.65 bits per heavy atom. The number of aryl methyl sites for hydroxylation is 3. The second kappa shape index (κ2) is 7.51. The summed E-state index contributed by atoms with van der Waals surface area (Å²) in [5, 5.41) is 7.08. The molecule has 2 heterocycles. The van der Waals surface area contributed by atoms with Crippen LogP contribution < -0.4 is 10.9 Å². The fraction of sp³-hybridized carbons (Fsp3) is 0.368. The molecule has 26 heavy (non-hydrogen) atoms. The molecule has 1 aromatic carbocycles. The van der Waals surface area contributed by atoms with Gasteiger partial charge >= 0.3 is 0 Å². The average Bonchev–Trinajstić information content (AvgIpc) is 3.03. The van der Waals surface area contributed by atoms with E-state index in [0.717, 1.165) is 12.0 Å². The van der Waals surface area contributed by atoms with Crippen molar-refractivity contribution in [2.75, 3.05) is 6.54 Å². The molecule has 0 saturated carbocycles. The van der Waals surface area contributed by atoms with Crippen LogP contribution in [0, 0.1) is 13.8 Å². The lowest BCUT2D eigenvalue weighted by Crippen LogP contribution is -2.35. The van der Waals surface area contributed by atoms with E-state index in [2.05, 4.69) is 15.5 Å². The minimum absolute atomic E-state index is 0.0736. The van der Waals surface area contributed by atoms with E-state index >= 15 is 0 Å². The van der Waals surface area contributed by atoms with Gasteiger partial charge in [-0.05, 0) is 32.3 Å². The molecular weight excluding hydrogens is 332 g/mol. The quantitative estimate of drug-likeness (QED) is 0.730. The molecule has 7 nitrogen and oxygen atoms in total. The van der Waals surface area contributed by atoms with E-state index in [1.54, 1.807) is 6.92 Å². The first kappa shape index (κ1) is 17.8. The normalized spacial score (nSPS) is 11.0. The van der Waals surface area contributed by atoms with Gasteiger partial charge in [0, 0.05) is 6.54 Å². The van der Waals surface area contributed by atoms with Crippen molar-refractivity contribution in [2.45, 2.75) is 40.2 Å². The SMILES string of the molecule is CCc1noc2nc(C)n(CC(=O)NCCc3ccc(C)cc3)c(=O)c12. The third kappa shape index (κ3) is 3.66. The summed E-state index contributed by atoms with van der Waals surface area (Å²) >= 11 is 0. The number of nitrogens with zero attached hydrogens (tertiary/aromatic N) is 3. The molecule has 0 spiro atoms. The highest BCUT2D eigenvalue weighted by Crippen LogP contribution is 2.13. The van der Waals surface area contributed by atoms with Crippen LogP contribution in [0.3, 0.4) is 0 Å². The summed E-state index contributed by atoms with van der Waals surface area (Å²) in [5.41, 5.74) is 2.85. The molecule has 0 aliphatic rings. The molecule has 0 aliphatic heterocycles. The van der Waals surface area contributed by atoms with Crippen molar-refractivity contribution < 1.29 is 9.32 Å². The van der Waals surface area contributed by atoms with Gasteiger partial charge in [-0.25, -0.2) is 0 Å². The molecule has 2 aromatic heterocycles. The van der Waals surface area contributed by atoms with Crippen molar-refractivity contribution in [2.24, 2.45) is 0 Å². The molecule has 3 aromatic rings. The molecule has 0 aliphatic carbocycles. The van der Waals surface area contributed by atoms with Crippen LogP contribution in [0.25, 0.3) is 11.1 Å². The van der Waals surface area contributed by atoms with E-state index in [-0.39, 0.29) is 23.7 Å². The molecule has 0 unspecified atom stereocenters. The Morgan fingerprint density at radius 1 is 1.23 bits per heavy atom. The zero-order valence-corrected chi connectivity index (χ0v) is 15.2. The predicted molar refractivity (Wildman–Crippen MR) is 98.1 cm³/mol. The molecule has 136 valence electrons. The van der Waals surface area contributed by atoms with Crippen LogP contribution in [0.1, 0.15) is 29.6 Å². The van der Waals surface area contributed by atoms with Crippen molar-refractivity contribution in [1.29, 1.82) is 0 Å². The maximum Gasteiger partial charge on any atom is 0.267 e. The Balaban J connectivity index is 1.69. The van der Waals surface area contributed by atoms with Crippen LogP contribution in [0.2, 0.25) is 0 Å². The highest BCUT2D eigenvalue weighted by atomic mass is 16.5. The zero-order valence-electron chi connectivity index (χ0n) is 15.2. The number of nitrogens with one attached hydrogen (secondary N) is 1. The molecular formula is C19H22N4O3. The topological polar surface area (TPSA) is 90.0 Å². The molecule has 0 atom stereocenters. The van der Waals surface area contributed by atoms with Gasteiger partial charge in [-0.3, -0.25) is 14.2 Å².